The molecule has 3 aromatic rings. The molecule has 3 rings (SSSR count). The van der Waals surface area contributed by atoms with Crippen LogP contribution >= 0.6 is 0 Å². The predicted octanol–water partition coefficient (Wildman–Crippen LogP) is 2.55. The molecule has 2 aromatic carbocycles. The minimum absolute atomic E-state index is 0.253. The van der Waals surface area contributed by atoms with E-state index in [1.165, 1.54) is 4.80 Å². The van der Waals surface area contributed by atoms with Crippen molar-refractivity contribution in [2.75, 3.05) is 12.4 Å². The summed E-state index contributed by atoms with van der Waals surface area (Å²) in [6, 6.07) is 16.1. The van der Waals surface area contributed by atoms with E-state index in [4.69, 9.17) is 4.74 Å². The summed E-state index contributed by atoms with van der Waals surface area (Å²) in [5.74, 6) is 0.818. The van der Waals surface area contributed by atoms with Crippen molar-refractivity contribution in [3.63, 3.8) is 0 Å². The molecule has 1 heterocycles. The van der Waals surface area contributed by atoms with E-state index >= 15 is 0 Å². The van der Waals surface area contributed by atoms with Crippen LogP contribution in [0.4, 0.5) is 5.69 Å². The summed E-state index contributed by atoms with van der Waals surface area (Å²) in [6.07, 6.45) is 0. The largest absolute Gasteiger partial charge is 0.495 e. The molecule has 1 aromatic heterocycles. The summed E-state index contributed by atoms with van der Waals surface area (Å²) in [7, 11) is 1.56. The first-order valence-electron chi connectivity index (χ1n) is 7.48. The van der Waals surface area contributed by atoms with Crippen molar-refractivity contribution < 1.29 is 9.53 Å². The van der Waals surface area contributed by atoms with Crippen LogP contribution in [-0.2, 0) is 4.79 Å². The van der Waals surface area contributed by atoms with E-state index in [2.05, 4.69) is 20.7 Å². The van der Waals surface area contributed by atoms with Gasteiger partial charge in [0.25, 0.3) is 5.91 Å². The Labute approximate surface area is 139 Å². The van der Waals surface area contributed by atoms with Crippen LogP contribution in [0.1, 0.15) is 13.0 Å². The summed E-state index contributed by atoms with van der Waals surface area (Å²) >= 11 is 0. The molecule has 1 amide bonds. The highest BCUT2D eigenvalue weighted by Crippen LogP contribution is 2.24. The number of nitrogens with zero attached hydrogens (tertiary/aromatic N) is 4. The number of nitrogens with one attached hydrogen (secondary N) is 1. The van der Waals surface area contributed by atoms with Gasteiger partial charge in [0.15, 0.2) is 0 Å². The number of benzene rings is 2. The highest BCUT2D eigenvalue weighted by Gasteiger charge is 2.19. The minimum atomic E-state index is -0.611. The fourth-order valence-electron chi connectivity index (χ4n) is 2.18. The summed E-state index contributed by atoms with van der Waals surface area (Å²) < 4.78 is 5.23. The van der Waals surface area contributed by atoms with Crippen molar-refractivity contribution >= 4 is 11.6 Å². The number of para-hydroxylation sites is 2. The van der Waals surface area contributed by atoms with Gasteiger partial charge in [-0.15, -0.1) is 10.2 Å². The van der Waals surface area contributed by atoms with Crippen LogP contribution in [0.2, 0.25) is 0 Å². The molecule has 122 valence electrons. The van der Waals surface area contributed by atoms with E-state index in [-0.39, 0.29) is 5.91 Å². The normalized spacial score (nSPS) is 11.8. The smallest absolute Gasteiger partial charge is 0.250 e. The van der Waals surface area contributed by atoms with E-state index in [0.717, 1.165) is 5.56 Å². The van der Waals surface area contributed by atoms with Gasteiger partial charge in [0.2, 0.25) is 5.82 Å². The van der Waals surface area contributed by atoms with Crippen LogP contribution < -0.4 is 10.1 Å². The van der Waals surface area contributed by atoms with Crippen molar-refractivity contribution in [1.82, 2.24) is 20.2 Å². The average molecular weight is 323 g/mol. The zero-order chi connectivity index (χ0) is 16.9. The van der Waals surface area contributed by atoms with Gasteiger partial charge in [-0.2, -0.15) is 4.80 Å². The summed E-state index contributed by atoms with van der Waals surface area (Å²) in [5.41, 5.74) is 1.45. The van der Waals surface area contributed by atoms with E-state index in [1.807, 2.05) is 42.5 Å². The molecule has 0 aliphatic rings. The second-order valence-corrected chi connectivity index (χ2v) is 5.16. The molecule has 0 fully saturated rings. The zero-order valence-corrected chi connectivity index (χ0v) is 13.4. The molecule has 0 spiro atoms. The van der Waals surface area contributed by atoms with Crippen LogP contribution in [0.3, 0.4) is 0 Å². The number of methoxy groups -OCH3 is 1. The first-order chi connectivity index (χ1) is 11.7. The molecular weight excluding hydrogens is 306 g/mol. The predicted molar refractivity (Wildman–Crippen MR) is 89.6 cm³/mol. The number of tetrazole rings is 1. The Morgan fingerprint density at radius 2 is 1.83 bits per heavy atom. The van der Waals surface area contributed by atoms with Gasteiger partial charge in [-0.3, -0.25) is 4.79 Å². The third kappa shape index (κ3) is 3.24. The molecule has 1 atom stereocenters. The lowest BCUT2D eigenvalue weighted by Gasteiger charge is -2.13. The number of ether oxygens (including phenoxy) is 1. The van der Waals surface area contributed by atoms with Gasteiger partial charge in [-0.25, -0.2) is 0 Å². The monoisotopic (exact) mass is 323 g/mol. The maximum atomic E-state index is 12.4. The standard InChI is InChI=1S/C17H17N5O2/c1-12(17(23)18-14-10-6-7-11-15(14)24-2)22-20-16(19-21-22)13-8-4-3-5-9-13/h3-12H,1-2H3,(H,18,23). The van der Waals surface area contributed by atoms with Gasteiger partial charge in [-0.05, 0) is 24.3 Å². The Hall–Kier alpha value is -3.22. The summed E-state index contributed by atoms with van der Waals surface area (Å²) in [6.45, 7) is 1.71. The fraction of sp³-hybridized carbons (Fsp3) is 0.176. The SMILES string of the molecule is COc1ccccc1NC(=O)C(C)n1nnc(-c2ccccc2)n1. The Morgan fingerprint density at radius 1 is 1.12 bits per heavy atom. The maximum absolute atomic E-state index is 12.4. The van der Waals surface area contributed by atoms with Gasteiger partial charge in [-0.1, -0.05) is 42.5 Å². The van der Waals surface area contributed by atoms with Crippen LogP contribution in [0.25, 0.3) is 11.4 Å². The molecule has 7 heteroatoms. The van der Waals surface area contributed by atoms with Crippen LogP contribution in [0, 0.1) is 0 Å². The number of hydrogen-bond acceptors (Lipinski definition) is 5. The van der Waals surface area contributed by atoms with E-state index in [0.29, 0.717) is 17.3 Å². The van der Waals surface area contributed by atoms with E-state index in [9.17, 15) is 4.79 Å². The molecule has 24 heavy (non-hydrogen) atoms. The van der Waals surface area contributed by atoms with Gasteiger partial charge in [0, 0.05) is 5.56 Å². The molecule has 1 unspecified atom stereocenters. The summed E-state index contributed by atoms with van der Waals surface area (Å²) in [4.78, 5) is 13.7. The van der Waals surface area contributed by atoms with Crippen molar-refractivity contribution in [3.05, 3.63) is 54.6 Å². The minimum Gasteiger partial charge on any atom is -0.495 e. The third-order valence-electron chi connectivity index (χ3n) is 3.55. The highest BCUT2D eigenvalue weighted by atomic mass is 16.5. The van der Waals surface area contributed by atoms with Crippen LogP contribution in [-0.4, -0.2) is 33.2 Å². The molecule has 0 saturated heterocycles. The first-order valence-corrected chi connectivity index (χ1v) is 7.48. The number of aromatic nitrogens is 4. The van der Waals surface area contributed by atoms with Gasteiger partial charge in [0.05, 0.1) is 12.8 Å². The van der Waals surface area contributed by atoms with Crippen LogP contribution in [0.15, 0.2) is 54.6 Å². The maximum Gasteiger partial charge on any atom is 0.250 e. The number of amides is 1. The molecular formula is C17H17N5O2. The topological polar surface area (TPSA) is 81.9 Å². The Bertz CT molecular complexity index is 832. The number of anilines is 1. The third-order valence-corrected chi connectivity index (χ3v) is 3.55. The Balaban J connectivity index is 1.76. The van der Waals surface area contributed by atoms with E-state index < -0.39 is 6.04 Å². The van der Waals surface area contributed by atoms with Crippen molar-refractivity contribution in [1.29, 1.82) is 0 Å². The van der Waals surface area contributed by atoms with Crippen LogP contribution in [0.5, 0.6) is 5.75 Å². The number of hydrogen-bond donors (Lipinski definition) is 1. The van der Waals surface area contributed by atoms with Gasteiger partial charge < -0.3 is 10.1 Å². The van der Waals surface area contributed by atoms with E-state index in [1.54, 1.807) is 26.2 Å². The lowest BCUT2D eigenvalue weighted by atomic mass is 10.2. The fourth-order valence-corrected chi connectivity index (χ4v) is 2.18. The molecule has 0 aliphatic carbocycles. The van der Waals surface area contributed by atoms with Crippen molar-refractivity contribution in [2.45, 2.75) is 13.0 Å². The zero-order valence-electron chi connectivity index (χ0n) is 13.4. The summed E-state index contributed by atoms with van der Waals surface area (Å²) in [5, 5.41) is 15.1. The average Bonchev–Trinajstić information content (AvgIpc) is 3.12. The molecule has 0 bridgehead atoms. The van der Waals surface area contributed by atoms with Gasteiger partial charge in [0.1, 0.15) is 11.8 Å². The highest BCUT2D eigenvalue weighted by molar-refractivity contribution is 5.94. The molecule has 0 saturated carbocycles. The lowest BCUT2D eigenvalue weighted by molar-refractivity contribution is -0.119. The number of carbonyl (C=O) groups excluding carboxylic acids is 1. The quantitative estimate of drug-likeness (QED) is 0.780. The molecule has 7 nitrogen and oxygen atoms in total. The van der Waals surface area contributed by atoms with Crippen molar-refractivity contribution in [3.8, 4) is 17.1 Å². The number of carbonyl (C=O) groups is 1. The lowest BCUT2D eigenvalue weighted by Crippen LogP contribution is -2.25. The first kappa shape index (κ1) is 15.7. The second kappa shape index (κ2) is 6.91. The Kier molecular flexibility index (Phi) is 4.51. The Morgan fingerprint density at radius 3 is 2.58 bits per heavy atom. The number of rotatable bonds is 5. The molecule has 0 radical (unpaired) electrons. The van der Waals surface area contributed by atoms with Crippen molar-refractivity contribution in [2.24, 2.45) is 0 Å². The van der Waals surface area contributed by atoms with Gasteiger partial charge >= 0.3 is 0 Å². The molecule has 1 N–H and O–H groups in total. The second-order valence-electron chi connectivity index (χ2n) is 5.16. The molecule has 0 aliphatic heterocycles.